The quantitative estimate of drug-likeness (QED) is 0.424. The van der Waals surface area contributed by atoms with Gasteiger partial charge in [0, 0.05) is 36.0 Å². The van der Waals surface area contributed by atoms with E-state index in [9.17, 15) is 9.18 Å². The van der Waals surface area contributed by atoms with Gasteiger partial charge in [0.05, 0.1) is 0 Å². The number of carbonyl (C=O) groups excluding carboxylic acids is 1. The summed E-state index contributed by atoms with van der Waals surface area (Å²) in [6.45, 7) is 4.56. The Labute approximate surface area is 176 Å². The predicted molar refractivity (Wildman–Crippen MR) is 119 cm³/mol. The molecule has 2 N–H and O–H groups in total. The van der Waals surface area contributed by atoms with Gasteiger partial charge in [-0.2, -0.15) is 0 Å². The van der Waals surface area contributed by atoms with Crippen LogP contribution in [0.1, 0.15) is 40.2 Å². The van der Waals surface area contributed by atoms with E-state index >= 15 is 0 Å². The molecule has 3 aromatic carbocycles. The lowest BCUT2D eigenvalue weighted by Gasteiger charge is -2.20. The third-order valence-electron chi connectivity index (χ3n) is 5.59. The molecular formula is C26H25FN2O. The van der Waals surface area contributed by atoms with Crippen LogP contribution in [0.4, 0.5) is 4.39 Å². The van der Waals surface area contributed by atoms with Crippen molar-refractivity contribution in [3.8, 4) is 0 Å². The molecule has 0 saturated heterocycles. The summed E-state index contributed by atoms with van der Waals surface area (Å²) in [5.74, 6) is -0.371. The number of para-hydroxylation sites is 1. The number of rotatable bonds is 6. The van der Waals surface area contributed by atoms with Crippen molar-refractivity contribution in [2.45, 2.75) is 32.7 Å². The molecule has 0 spiro atoms. The Hall–Kier alpha value is -3.40. The summed E-state index contributed by atoms with van der Waals surface area (Å²) < 4.78 is 13.1. The third-order valence-corrected chi connectivity index (χ3v) is 5.59. The normalized spacial score (nSPS) is 12.1. The van der Waals surface area contributed by atoms with E-state index in [1.165, 1.54) is 23.3 Å². The number of hydrogen-bond acceptors (Lipinski definition) is 1. The zero-order valence-corrected chi connectivity index (χ0v) is 17.2. The number of carbonyl (C=O) groups is 1. The predicted octanol–water partition coefficient (Wildman–Crippen LogP) is 5.76. The van der Waals surface area contributed by atoms with Gasteiger partial charge < -0.3 is 10.3 Å². The van der Waals surface area contributed by atoms with E-state index in [1.54, 1.807) is 12.1 Å². The fourth-order valence-corrected chi connectivity index (χ4v) is 4.05. The first kappa shape index (κ1) is 19.9. The van der Waals surface area contributed by atoms with Crippen molar-refractivity contribution in [1.82, 2.24) is 10.3 Å². The molecule has 3 nitrogen and oxygen atoms in total. The summed E-state index contributed by atoms with van der Waals surface area (Å²) >= 11 is 0. The first-order valence-electron chi connectivity index (χ1n) is 10.2. The Morgan fingerprint density at radius 1 is 1.00 bits per heavy atom. The van der Waals surface area contributed by atoms with Crippen LogP contribution in [0.5, 0.6) is 0 Å². The fourth-order valence-electron chi connectivity index (χ4n) is 4.05. The monoisotopic (exact) mass is 400 g/mol. The van der Waals surface area contributed by atoms with Crippen LogP contribution in [-0.2, 0) is 11.3 Å². The van der Waals surface area contributed by atoms with Crippen LogP contribution in [0.3, 0.4) is 0 Å². The van der Waals surface area contributed by atoms with Crippen LogP contribution in [0.25, 0.3) is 10.9 Å². The van der Waals surface area contributed by atoms with Gasteiger partial charge in [-0.05, 0) is 54.3 Å². The average molecular weight is 400 g/mol. The van der Waals surface area contributed by atoms with Crippen LogP contribution >= 0.6 is 0 Å². The average Bonchev–Trinajstić information content (AvgIpc) is 3.16. The topological polar surface area (TPSA) is 44.9 Å². The van der Waals surface area contributed by atoms with Gasteiger partial charge in [-0.3, -0.25) is 4.79 Å². The SMILES string of the molecule is Cc1ccc(C(CC(=O)NCc2ccc(F)cc2)c2c[nH]c3ccccc23)c(C)c1. The highest BCUT2D eigenvalue weighted by Crippen LogP contribution is 2.35. The van der Waals surface area contributed by atoms with E-state index in [1.807, 2.05) is 24.4 Å². The molecule has 1 aromatic heterocycles. The maximum atomic E-state index is 13.1. The van der Waals surface area contributed by atoms with E-state index in [2.05, 4.69) is 48.4 Å². The number of aryl methyl sites for hydroxylation is 2. The lowest BCUT2D eigenvalue weighted by molar-refractivity contribution is -0.121. The first-order chi connectivity index (χ1) is 14.5. The van der Waals surface area contributed by atoms with Crippen molar-refractivity contribution in [2.75, 3.05) is 0 Å². The van der Waals surface area contributed by atoms with Gasteiger partial charge in [-0.15, -0.1) is 0 Å². The number of fused-ring (bicyclic) bond motifs is 1. The molecule has 4 heteroatoms. The number of H-pyrrole nitrogens is 1. The van der Waals surface area contributed by atoms with Gasteiger partial charge in [0.2, 0.25) is 5.91 Å². The summed E-state index contributed by atoms with van der Waals surface area (Å²) in [5, 5.41) is 4.12. The molecule has 4 aromatic rings. The van der Waals surface area contributed by atoms with Gasteiger partial charge in [-0.1, -0.05) is 54.1 Å². The molecule has 0 aliphatic carbocycles. The van der Waals surface area contributed by atoms with E-state index in [0.29, 0.717) is 13.0 Å². The Morgan fingerprint density at radius 3 is 2.53 bits per heavy atom. The summed E-state index contributed by atoms with van der Waals surface area (Å²) in [6.07, 6.45) is 2.36. The van der Waals surface area contributed by atoms with Crippen LogP contribution in [0.2, 0.25) is 0 Å². The zero-order valence-electron chi connectivity index (χ0n) is 17.2. The summed E-state index contributed by atoms with van der Waals surface area (Å²) in [7, 11) is 0. The molecule has 0 aliphatic rings. The van der Waals surface area contributed by atoms with Crippen LogP contribution in [0.15, 0.2) is 72.9 Å². The Balaban J connectivity index is 1.62. The smallest absolute Gasteiger partial charge is 0.221 e. The lowest BCUT2D eigenvalue weighted by Crippen LogP contribution is -2.25. The number of nitrogens with one attached hydrogen (secondary N) is 2. The highest BCUT2D eigenvalue weighted by molar-refractivity contribution is 5.86. The summed E-state index contributed by atoms with van der Waals surface area (Å²) in [6, 6.07) is 20.8. The molecule has 0 fully saturated rings. The zero-order chi connectivity index (χ0) is 21.1. The lowest BCUT2D eigenvalue weighted by atomic mass is 9.85. The summed E-state index contributed by atoms with van der Waals surface area (Å²) in [4.78, 5) is 16.2. The number of amides is 1. The van der Waals surface area contributed by atoms with Crippen LogP contribution in [-0.4, -0.2) is 10.9 Å². The van der Waals surface area contributed by atoms with Gasteiger partial charge in [0.15, 0.2) is 0 Å². The number of aromatic nitrogens is 1. The van der Waals surface area contributed by atoms with E-state index in [-0.39, 0.29) is 17.6 Å². The molecule has 0 aliphatic heterocycles. The summed E-state index contributed by atoms with van der Waals surface area (Å²) in [5.41, 5.74) is 6.59. The molecule has 1 heterocycles. The highest BCUT2D eigenvalue weighted by Gasteiger charge is 2.22. The van der Waals surface area contributed by atoms with E-state index in [4.69, 9.17) is 0 Å². The highest BCUT2D eigenvalue weighted by atomic mass is 19.1. The number of hydrogen-bond donors (Lipinski definition) is 2. The second-order valence-corrected chi connectivity index (χ2v) is 7.81. The van der Waals surface area contributed by atoms with Crippen LogP contribution < -0.4 is 5.32 Å². The minimum atomic E-state index is -0.278. The van der Waals surface area contributed by atoms with Gasteiger partial charge in [0.25, 0.3) is 0 Å². The standard InChI is InChI=1S/C26H25FN2O/c1-17-7-12-21(18(2)13-17)23(24-16-28-25-6-4-3-5-22(24)25)14-26(30)29-15-19-8-10-20(27)11-9-19/h3-13,16,23,28H,14-15H2,1-2H3,(H,29,30). The fraction of sp³-hybridized carbons (Fsp3) is 0.192. The molecule has 0 bridgehead atoms. The molecule has 1 atom stereocenters. The van der Waals surface area contributed by atoms with Gasteiger partial charge >= 0.3 is 0 Å². The minimum Gasteiger partial charge on any atom is -0.361 e. The number of benzene rings is 3. The molecule has 1 unspecified atom stereocenters. The maximum Gasteiger partial charge on any atom is 0.221 e. The number of aromatic amines is 1. The van der Waals surface area contributed by atoms with Crippen molar-refractivity contribution < 1.29 is 9.18 Å². The number of halogens is 1. The van der Waals surface area contributed by atoms with Crippen molar-refractivity contribution in [3.05, 3.63) is 107 Å². The van der Waals surface area contributed by atoms with Crippen molar-refractivity contribution >= 4 is 16.8 Å². The molecule has 0 radical (unpaired) electrons. The van der Waals surface area contributed by atoms with Crippen molar-refractivity contribution in [2.24, 2.45) is 0 Å². The first-order valence-corrected chi connectivity index (χ1v) is 10.2. The second-order valence-electron chi connectivity index (χ2n) is 7.81. The van der Waals surface area contributed by atoms with Crippen LogP contribution in [0, 0.1) is 19.7 Å². The molecule has 1 amide bonds. The minimum absolute atomic E-state index is 0.0328. The molecular weight excluding hydrogens is 375 g/mol. The maximum absolute atomic E-state index is 13.1. The molecule has 152 valence electrons. The Bertz CT molecular complexity index is 1180. The van der Waals surface area contributed by atoms with E-state index < -0.39 is 0 Å². The third kappa shape index (κ3) is 4.28. The van der Waals surface area contributed by atoms with E-state index in [0.717, 1.165) is 27.6 Å². The van der Waals surface area contributed by atoms with Gasteiger partial charge in [-0.25, -0.2) is 4.39 Å². The van der Waals surface area contributed by atoms with Crippen molar-refractivity contribution in [3.63, 3.8) is 0 Å². The largest absolute Gasteiger partial charge is 0.361 e. The van der Waals surface area contributed by atoms with Crippen molar-refractivity contribution in [1.29, 1.82) is 0 Å². The Morgan fingerprint density at radius 2 is 1.77 bits per heavy atom. The Kier molecular flexibility index (Phi) is 5.66. The molecule has 30 heavy (non-hydrogen) atoms. The van der Waals surface area contributed by atoms with Gasteiger partial charge in [0.1, 0.15) is 5.82 Å². The molecule has 0 saturated carbocycles. The molecule has 4 rings (SSSR count). The second kappa shape index (κ2) is 8.54.